The van der Waals surface area contributed by atoms with Crippen LogP contribution in [-0.2, 0) is 13.0 Å². The summed E-state index contributed by atoms with van der Waals surface area (Å²) in [5, 5.41) is 4.91. The molecule has 0 aliphatic heterocycles. The lowest BCUT2D eigenvalue weighted by atomic mass is 9.97. The van der Waals surface area contributed by atoms with E-state index >= 15 is 0 Å². The number of nitrogens with zero attached hydrogens (tertiary/aromatic N) is 2. The first-order valence-electron chi connectivity index (χ1n) is 6.11. The molecule has 1 saturated carbocycles. The molecule has 1 aromatic rings. The van der Waals surface area contributed by atoms with E-state index < -0.39 is 5.67 Å². The molecule has 2 unspecified atom stereocenters. The molecule has 0 amide bonds. The first-order valence-corrected chi connectivity index (χ1v) is 6.49. The molecule has 5 heteroatoms. The molecule has 1 aliphatic carbocycles. The Kier molecular flexibility index (Phi) is 3.46. The lowest BCUT2D eigenvalue weighted by Gasteiger charge is -2.20. The molecule has 96 valence electrons. The molecule has 17 heavy (non-hydrogen) atoms. The lowest BCUT2D eigenvalue weighted by molar-refractivity contribution is 0.167. The van der Waals surface area contributed by atoms with Crippen molar-refractivity contribution in [1.29, 1.82) is 0 Å². The zero-order valence-corrected chi connectivity index (χ0v) is 11.1. The van der Waals surface area contributed by atoms with Crippen LogP contribution in [0.15, 0.2) is 0 Å². The summed E-state index contributed by atoms with van der Waals surface area (Å²) in [6, 6.07) is -0.0159. The lowest BCUT2D eigenvalue weighted by Crippen LogP contribution is -2.27. The summed E-state index contributed by atoms with van der Waals surface area (Å²) >= 11 is 6.19. The van der Waals surface area contributed by atoms with Gasteiger partial charge in [0.15, 0.2) is 0 Å². The second-order valence-electron chi connectivity index (χ2n) is 4.99. The van der Waals surface area contributed by atoms with Crippen molar-refractivity contribution in [2.45, 2.75) is 57.8 Å². The van der Waals surface area contributed by atoms with Crippen LogP contribution in [-0.4, -0.2) is 21.5 Å². The third-order valence-electron chi connectivity index (χ3n) is 3.53. The van der Waals surface area contributed by atoms with Crippen molar-refractivity contribution in [3.05, 3.63) is 16.4 Å². The summed E-state index contributed by atoms with van der Waals surface area (Å²) < 4.78 is 16.4. The third kappa shape index (κ3) is 2.47. The van der Waals surface area contributed by atoms with Crippen molar-refractivity contribution < 1.29 is 4.39 Å². The van der Waals surface area contributed by atoms with Gasteiger partial charge in [-0.05, 0) is 33.1 Å². The van der Waals surface area contributed by atoms with Crippen LogP contribution in [0.5, 0.6) is 0 Å². The first-order chi connectivity index (χ1) is 7.95. The van der Waals surface area contributed by atoms with Gasteiger partial charge in [0.2, 0.25) is 0 Å². The van der Waals surface area contributed by atoms with Gasteiger partial charge in [-0.3, -0.25) is 4.68 Å². The minimum atomic E-state index is -1.21. The summed E-state index contributed by atoms with van der Waals surface area (Å²) in [4.78, 5) is 0. The van der Waals surface area contributed by atoms with Crippen LogP contribution in [0.4, 0.5) is 4.39 Å². The number of aryl methyl sites for hydroxylation is 2. The van der Waals surface area contributed by atoms with Crippen molar-refractivity contribution in [1.82, 2.24) is 9.78 Å². The van der Waals surface area contributed by atoms with Crippen LogP contribution in [0.1, 0.15) is 37.6 Å². The summed E-state index contributed by atoms with van der Waals surface area (Å²) in [7, 11) is 0. The molecule has 1 aromatic heterocycles. The van der Waals surface area contributed by atoms with Gasteiger partial charge in [-0.25, -0.2) is 4.39 Å². The van der Waals surface area contributed by atoms with Crippen molar-refractivity contribution >= 4 is 11.6 Å². The van der Waals surface area contributed by atoms with Crippen LogP contribution in [0, 0.1) is 6.92 Å². The van der Waals surface area contributed by atoms with Crippen LogP contribution >= 0.6 is 11.6 Å². The predicted molar refractivity (Wildman–Crippen MR) is 67.0 cm³/mol. The van der Waals surface area contributed by atoms with Crippen LogP contribution in [0.3, 0.4) is 0 Å². The Balaban J connectivity index is 2.23. The summed E-state index contributed by atoms with van der Waals surface area (Å²) in [5.41, 5.74) is 6.16. The van der Waals surface area contributed by atoms with Gasteiger partial charge in [-0.2, -0.15) is 5.10 Å². The summed E-state index contributed by atoms with van der Waals surface area (Å²) in [5.74, 6) is 0. The quantitative estimate of drug-likeness (QED) is 0.907. The van der Waals surface area contributed by atoms with E-state index in [1.54, 1.807) is 4.68 Å². The number of halogens is 2. The molecule has 1 fully saturated rings. The fourth-order valence-electron chi connectivity index (χ4n) is 2.62. The Hall–Kier alpha value is -0.610. The number of alkyl halides is 1. The highest BCUT2D eigenvalue weighted by Crippen LogP contribution is 2.37. The van der Waals surface area contributed by atoms with E-state index in [2.05, 4.69) is 5.10 Å². The molecule has 2 N–H and O–H groups in total. The molecule has 1 heterocycles. The van der Waals surface area contributed by atoms with Crippen LogP contribution < -0.4 is 5.73 Å². The van der Waals surface area contributed by atoms with E-state index in [4.69, 9.17) is 17.3 Å². The maximum atomic E-state index is 14.6. The van der Waals surface area contributed by atoms with Gasteiger partial charge in [0.05, 0.1) is 16.4 Å². The standard InChI is InChI=1S/C12H19ClFN3/c1-3-17-10(11(13)8(2)16-17)7-12(14)5-4-9(15)6-12/h9H,3-7,15H2,1-2H3. The molecule has 0 bridgehead atoms. The fraction of sp³-hybridized carbons (Fsp3) is 0.750. The predicted octanol–water partition coefficient (Wildman–Crippen LogP) is 2.63. The highest BCUT2D eigenvalue weighted by molar-refractivity contribution is 6.31. The molecule has 1 aliphatic rings. The largest absolute Gasteiger partial charge is 0.328 e. The molecule has 2 atom stereocenters. The average Bonchev–Trinajstić information content (AvgIpc) is 2.74. The zero-order valence-electron chi connectivity index (χ0n) is 10.3. The molecule has 2 rings (SSSR count). The molecular formula is C12H19ClFN3. The number of hydrogen-bond acceptors (Lipinski definition) is 2. The zero-order chi connectivity index (χ0) is 12.6. The molecule has 0 radical (unpaired) electrons. The molecule has 0 saturated heterocycles. The SMILES string of the molecule is CCn1nc(C)c(Cl)c1CC1(F)CCC(N)C1. The normalized spacial score (nSPS) is 28.9. The van der Waals surface area contributed by atoms with Crippen molar-refractivity contribution in [3.8, 4) is 0 Å². The van der Waals surface area contributed by atoms with E-state index in [0.717, 1.165) is 17.8 Å². The average molecular weight is 260 g/mol. The van der Waals surface area contributed by atoms with Gasteiger partial charge in [0.1, 0.15) is 5.67 Å². The van der Waals surface area contributed by atoms with Crippen molar-refractivity contribution in [3.63, 3.8) is 0 Å². The molecule has 0 aromatic carbocycles. The number of hydrogen-bond donors (Lipinski definition) is 1. The number of nitrogens with two attached hydrogens (primary N) is 1. The maximum Gasteiger partial charge on any atom is 0.118 e. The van der Waals surface area contributed by atoms with Gasteiger partial charge < -0.3 is 5.73 Å². The van der Waals surface area contributed by atoms with Gasteiger partial charge in [-0.1, -0.05) is 11.6 Å². The third-order valence-corrected chi connectivity index (χ3v) is 4.02. The minimum Gasteiger partial charge on any atom is -0.328 e. The molecule has 3 nitrogen and oxygen atoms in total. The highest BCUT2D eigenvalue weighted by Gasteiger charge is 2.39. The van der Waals surface area contributed by atoms with E-state index in [0.29, 0.717) is 30.8 Å². The number of rotatable bonds is 3. The second kappa shape index (κ2) is 4.58. The van der Waals surface area contributed by atoms with E-state index in [-0.39, 0.29) is 6.04 Å². The van der Waals surface area contributed by atoms with Crippen molar-refractivity contribution in [2.75, 3.05) is 0 Å². The number of aromatic nitrogens is 2. The monoisotopic (exact) mass is 259 g/mol. The fourth-order valence-corrected chi connectivity index (χ4v) is 2.82. The maximum absolute atomic E-state index is 14.6. The highest BCUT2D eigenvalue weighted by atomic mass is 35.5. The Morgan fingerprint density at radius 1 is 1.65 bits per heavy atom. The van der Waals surface area contributed by atoms with Gasteiger partial charge in [-0.15, -0.1) is 0 Å². The Labute approximate surface area is 106 Å². The van der Waals surface area contributed by atoms with Gasteiger partial charge >= 0.3 is 0 Å². The van der Waals surface area contributed by atoms with Gasteiger partial charge in [0.25, 0.3) is 0 Å². The molecule has 0 spiro atoms. The molecular weight excluding hydrogens is 241 g/mol. The topological polar surface area (TPSA) is 43.8 Å². The Morgan fingerprint density at radius 2 is 2.35 bits per heavy atom. The van der Waals surface area contributed by atoms with Crippen LogP contribution in [0.2, 0.25) is 5.02 Å². The second-order valence-corrected chi connectivity index (χ2v) is 5.37. The van der Waals surface area contributed by atoms with E-state index in [1.165, 1.54) is 0 Å². The van der Waals surface area contributed by atoms with Crippen molar-refractivity contribution in [2.24, 2.45) is 5.73 Å². The van der Waals surface area contributed by atoms with Crippen LogP contribution in [0.25, 0.3) is 0 Å². The van der Waals surface area contributed by atoms with Gasteiger partial charge in [0, 0.05) is 19.0 Å². The first kappa shape index (κ1) is 12.8. The summed E-state index contributed by atoms with van der Waals surface area (Å²) in [6.45, 7) is 4.55. The smallest absolute Gasteiger partial charge is 0.118 e. The van der Waals surface area contributed by atoms with E-state index in [9.17, 15) is 4.39 Å². The Morgan fingerprint density at radius 3 is 2.88 bits per heavy atom. The Bertz CT molecular complexity index is 418. The minimum absolute atomic E-state index is 0.0159. The summed E-state index contributed by atoms with van der Waals surface area (Å²) in [6.07, 6.45) is 2.04. The van der Waals surface area contributed by atoms with E-state index in [1.807, 2.05) is 13.8 Å².